The Morgan fingerprint density at radius 1 is 0.935 bits per heavy atom. The van der Waals surface area contributed by atoms with Crippen LogP contribution >= 0.6 is 0 Å². The van der Waals surface area contributed by atoms with Crippen LogP contribution in [0.1, 0.15) is 22.6 Å². The van der Waals surface area contributed by atoms with Gasteiger partial charge in [-0.15, -0.1) is 0 Å². The van der Waals surface area contributed by atoms with Gasteiger partial charge in [0, 0.05) is 18.0 Å². The van der Waals surface area contributed by atoms with Crippen molar-refractivity contribution in [3.8, 4) is 22.6 Å². The van der Waals surface area contributed by atoms with Crippen molar-refractivity contribution in [3.63, 3.8) is 0 Å². The van der Waals surface area contributed by atoms with E-state index in [9.17, 15) is 4.79 Å². The minimum absolute atomic E-state index is 0.0507. The van der Waals surface area contributed by atoms with Crippen molar-refractivity contribution in [2.24, 2.45) is 0 Å². The van der Waals surface area contributed by atoms with Crippen molar-refractivity contribution < 1.29 is 19.0 Å². The first kappa shape index (κ1) is 20.5. The van der Waals surface area contributed by atoms with E-state index in [2.05, 4.69) is 29.6 Å². The third-order valence-electron chi connectivity index (χ3n) is 5.44. The maximum absolute atomic E-state index is 12.2. The summed E-state index contributed by atoms with van der Waals surface area (Å²) in [5.41, 5.74) is 5.68. The summed E-state index contributed by atoms with van der Waals surface area (Å²) in [5.74, 6) is 1.53. The summed E-state index contributed by atoms with van der Waals surface area (Å²) < 4.78 is 16.2. The zero-order valence-corrected chi connectivity index (χ0v) is 17.6. The maximum atomic E-state index is 12.2. The first-order valence-electron chi connectivity index (χ1n) is 10.2. The van der Waals surface area contributed by atoms with Crippen molar-refractivity contribution >= 4 is 12.2 Å². The second-order valence-electron chi connectivity index (χ2n) is 7.22. The summed E-state index contributed by atoms with van der Waals surface area (Å²) in [6.45, 7) is 0.643. The van der Waals surface area contributed by atoms with Gasteiger partial charge in [0.15, 0.2) is 0 Å². The monoisotopic (exact) mass is 415 g/mol. The van der Waals surface area contributed by atoms with E-state index in [1.807, 2.05) is 54.6 Å². The van der Waals surface area contributed by atoms with Gasteiger partial charge in [-0.25, -0.2) is 4.79 Å². The lowest BCUT2D eigenvalue weighted by Gasteiger charge is -2.14. The third-order valence-corrected chi connectivity index (χ3v) is 5.44. The van der Waals surface area contributed by atoms with Crippen molar-refractivity contribution in [1.29, 1.82) is 0 Å². The first-order valence-corrected chi connectivity index (χ1v) is 10.2. The van der Waals surface area contributed by atoms with Gasteiger partial charge in [0.2, 0.25) is 0 Å². The first-order chi connectivity index (χ1) is 15.2. The Balaban J connectivity index is 1.34. The van der Waals surface area contributed by atoms with Crippen LogP contribution in [0.15, 0.2) is 72.8 Å². The number of carbonyl (C=O) groups is 1. The summed E-state index contributed by atoms with van der Waals surface area (Å²) >= 11 is 0. The molecular weight excluding hydrogens is 390 g/mol. The molecule has 1 N–H and O–H groups in total. The zero-order chi connectivity index (χ0) is 21.6. The van der Waals surface area contributed by atoms with Gasteiger partial charge in [-0.2, -0.15) is 0 Å². The number of hydrogen-bond donors (Lipinski definition) is 1. The average Bonchev–Trinajstić information content (AvgIpc) is 3.14. The molecule has 31 heavy (non-hydrogen) atoms. The molecule has 5 nitrogen and oxygen atoms in total. The second kappa shape index (κ2) is 9.39. The molecule has 1 aliphatic carbocycles. The molecule has 0 fully saturated rings. The lowest BCUT2D eigenvalue weighted by molar-refractivity contribution is 0.144. The van der Waals surface area contributed by atoms with Crippen LogP contribution in [0.5, 0.6) is 11.5 Å². The van der Waals surface area contributed by atoms with E-state index in [4.69, 9.17) is 14.2 Å². The fourth-order valence-electron chi connectivity index (χ4n) is 3.95. The van der Waals surface area contributed by atoms with Crippen LogP contribution in [-0.2, 0) is 4.74 Å². The SMILES string of the molecule is COc1ccc(OC)c(C=CCNC(=O)OCC2c3ccccc3-c3ccccc32)c1. The van der Waals surface area contributed by atoms with Gasteiger partial charge in [-0.05, 0) is 40.5 Å². The van der Waals surface area contributed by atoms with Gasteiger partial charge in [-0.3, -0.25) is 0 Å². The standard InChI is InChI=1S/C26H25NO4/c1-29-19-13-14-25(30-2)18(16-19)8-7-15-27-26(28)31-17-24-22-11-5-3-9-20(22)21-10-4-6-12-23(21)24/h3-14,16,24H,15,17H2,1-2H3,(H,27,28). The Morgan fingerprint density at radius 3 is 2.26 bits per heavy atom. The molecule has 0 saturated carbocycles. The highest BCUT2D eigenvalue weighted by Gasteiger charge is 2.28. The number of ether oxygens (including phenoxy) is 3. The Morgan fingerprint density at radius 2 is 1.61 bits per heavy atom. The zero-order valence-electron chi connectivity index (χ0n) is 17.6. The maximum Gasteiger partial charge on any atom is 0.407 e. The van der Waals surface area contributed by atoms with Crippen LogP contribution in [0.4, 0.5) is 4.79 Å². The Kier molecular flexibility index (Phi) is 6.22. The normalized spacial score (nSPS) is 12.3. The number of carbonyl (C=O) groups excluding carboxylic acids is 1. The molecule has 0 spiro atoms. The van der Waals surface area contributed by atoms with Crippen molar-refractivity contribution in [1.82, 2.24) is 5.32 Å². The predicted octanol–water partition coefficient (Wildman–Crippen LogP) is 5.26. The average molecular weight is 415 g/mol. The molecular formula is C26H25NO4. The second-order valence-corrected chi connectivity index (χ2v) is 7.22. The number of hydrogen-bond acceptors (Lipinski definition) is 4. The van der Waals surface area contributed by atoms with Crippen LogP contribution in [0.2, 0.25) is 0 Å². The minimum Gasteiger partial charge on any atom is -0.497 e. The number of amides is 1. The van der Waals surface area contributed by atoms with Crippen molar-refractivity contribution in [2.75, 3.05) is 27.4 Å². The number of benzene rings is 3. The molecule has 0 aliphatic heterocycles. The fraction of sp³-hybridized carbons (Fsp3) is 0.192. The molecule has 0 radical (unpaired) electrons. The summed E-state index contributed by atoms with van der Waals surface area (Å²) in [4.78, 5) is 12.2. The van der Waals surface area contributed by atoms with Gasteiger partial charge in [0.25, 0.3) is 0 Å². The summed E-state index contributed by atoms with van der Waals surface area (Å²) in [6, 6.07) is 22.1. The minimum atomic E-state index is -0.441. The van der Waals surface area contributed by atoms with Crippen LogP contribution in [0.3, 0.4) is 0 Å². The molecule has 0 bridgehead atoms. The number of fused-ring (bicyclic) bond motifs is 3. The van der Waals surface area contributed by atoms with Gasteiger partial charge in [0.05, 0.1) is 14.2 Å². The molecule has 0 heterocycles. The molecule has 3 aromatic rings. The van der Waals surface area contributed by atoms with Crippen molar-refractivity contribution in [3.05, 3.63) is 89.5 Å². The van der Waals surface area contributed by atoms with Gasteiger partial charge < -0.3 is 19.5 Å². The third kappa shape index (κ3) is 4.40. The highest BCUT2D eigenvalue weighted by atomic mass is 16.5. The molecule has 1 aliphatic rings. The van der Waals surface area contributed by atoms with E-state index in [-0.39, 0.29) is 5.92 Å². The largest absolute Gasteiger partial charge is 0.497 e. The number of methoxy groups -OCH3 is 2. The molecule has 4 rings (SSSR count). The topological polar surface area (TPSA) is 56.8 Å². The van der Waals surface area contributed by atoms with E-state index in [0.717, 1.165) is 17.1 Å². The van der Waals surface area contributed by atoms with Gasteiger partial charge in [-0.1, -0.05) is 60.7 Å². The smallest absolute Gasteiger partial charge is 0.407 e. The van der Waals surface area contributed by atoms with E-state index < -0.39 is 6.09 Å². The Hall–Kier alpha value is -3.73. The predicted molar refractivity (Wildman–Crippen MR) is 122 cm³/mol. The molecule has 0 atom stereocenters. The van der Waals surface area contributed by atoms with Crippen LogP contribution in [-0.4, -0.2) is 33.5 Å². The van der Waals surface area contributed by atoms with Crippen molar-refractivity contribution in [2.45, 2.75) is 5.92 Å². The number of alkyl carbamates (subject to hydrolysis) is 1. The molecule has 3 aromatic carbocycles. The number of nitrogens with one attached hydrogen (secondary N) is 1. The number of rotatable bonds is 7. The summed E-state index contributed by atoms with van der Waals surface area (Å²) in [7, 11) is 3.24. The fourth-order valence-corrected chi connectivity index (χ4v) is 3.95. The summed E-state index contributed by atoms with van der Waals surface area (Å²) in [6.07, 6.45) is 3.29. The molecule has 0 saturated heterocycles. The van der Waals surface area contributed by atoms with Crippen LogP contribution in [0, 0.1) is 0 Å². The lowest BCUT2D eigenvalue weighted by Crippen LogP contribution is -2.26. The van der Waals surface area contributed by atoms with Gasteiger partial charge >= 0.3 is 6.09 Å². The Labute approximate surface area is 182 Å². The van der Waals surface area contributed by atoms with Crippen LogP contribution < -0.4 is 14.8 Å². The molecule has 0 unspecified atom stereocenters. The molecule has 1 amide bonds. The molecule has 0 aromatic heterocycles. The van der Waals surface area contributed by atoms with E-state index >= 15 is 0 Å². The lowest BCUT2D eigenvalue weighted by atomic mass is 9.98. The van der Waals surface area contributed by atoms with E-state index in [0.29, 0.717) is 13.2 Å². The van der Waals surface area contributed by atoms with E-state index in [1.54, 1.807) is 14.2 Å². The highest BCUT2D eigenvalue weighted by Crippen LogP contribution is 2.44. The summed E-state index contributed by atoms with van der Waals surface area (Å²) in [5, 5.41) is 2.77. The Bertz CT molecular complexity index is 1060. The van der Waals surface area contributed by atoms with Gasteiger partial charge in [0.1, 0.15) is 18.1 Å². The van der Waals surface area contributed by atoms with Crippen LogP contribution in [0.25, 0.3) is 17.2 Å². The molecule has 158 valence electrons. The molecule has 5 heteroatoms. The van der Waals surface area contributed by atoms with E-state index in [1.165, 1.54) is 22.3 Å². The quantitative estimate of drug-likeness (QED) is 0.572. The highest BCUT2D eigenvalue weighted by molar-refractivity contribution is 5.79.